The summed E-state index contributed by atoms with van der Waals surface area (Å²) in [5, 5.41) is 9.06. The highest BCUT2D eigenvalue weighted by Gasteiger charge is 2.16. The van der Waals surface area contributed by atoms with E-state index < -0.39 is 0 Å². The first-order chi connectivity index (χ1) is 10.1. The van der Waals surface area contributed by atoms with Gasteiger partial charge in [-0.05, 0) is 44.0 Å². The van der Waals surface area contributed by atoms with E-state index in [0.29, 0.717) is 28.7 Å². The molecule has 1 aromatic rings. The van der Waals surface area contributed by atoms with Crippen molar-refractivity contribution < 1.29 is 9.59 Å². The first-order valence-corrected chi connectivity index (χ1v) is 7.53. The highest BCUT2D eigenvalue weighted by atomic mass is 35.5. The molecule has 0 aliphatic carbocycles. The van der Waals surface area contributed by atoms with Gasteiger partial charge in [0.05, 0.1) is 10.6 Å². The molecule has 1 aliphatic rings. The molecule has 2 amide bonds. The van der Waals surface area contributed by atoms with Crippen LogP contribution in [0.1, 0.15) is 36.0 Å². The lowest BCUT2D eigenvalue weighted by Gasteiger charge is -2.11. The lowest BCUT2D eigenvalue weighted by atomic mass is 10.1. The van der Waals surface area contributed by atoms with Crippen LogP contribution in [0.25, 0.3) is 0 Å². The van der Waals surface area contributed by atoms with E-state index >= 15 is 0 Å². The summed E-state index contributed by atoms with van der Waals surface area (Å²) in [6.45, 7) is 1.04. The van der Waals surface area contributed by atoms with Gasteiger partial charge in [-0.3, -0.25) is 9.59 Å². The van der Waals surface area contributed by atoms with E-state index in [4.69, 9.17) is 11.6 Å². The van der Waals surface area contributed by atoms with Crippen molar-refractivity contribution in [2.45, 2.75) is 31.7 Å². The Morgan fingerprint density at radius 3 is 2.90 bits per heavy atom. The van der Waals surface area contributed by atoms with Crippen molar-refractivity contribution in [1.29, 1.82) is 0 Å². The average molecular weight is 310 g/mol. The van der Waals surface area contributed by atoms with E-state index in [0.717, 1.165) is 19.4 Å². The van der Waals surface area contributed by atoms with E-state index in [2.05, 4.69) is 16.0 Å². The van der Waals surface area contributed by atoms with E-state index in [9.17, 15) is 9.59 Å². The number of carbonyl (C=O) groups excluding carboxylic acids is 2. The Morgan fingerprint density at radius 2 is 2.24 bits per heavy atom. The van der Waals surface area contributed by atoms with Crippen LogP contribution in [0.15, 0.2) is 18.2 Å². The van der Waals surface area contributed by atoms with Crippen molar-refractivity contribution >= 4 is 29.1 Å². The van der Waals surface area contributed by atoms with Crippen LogP contribution >= 0.6 is 11.6 Å². The standard InChI is InChI=1S/C15H20ClN3O2/c1-17-15(21)12-9-11(4-6-13(12)16)19-14(20)7-5-10-3-2-8-18-10/h4,6,9-10,18H,2-3,5,7-8H2,1H3,(H,17,21)(H,19,20). The average Bonchev–Trinajstić information content (AvgIpc) is 2.99. The molecule has 0 saturated carbocycles. The number of carbonyl (C=O) groups is 2. The molecular formula is C15H20ClN3O2. The molecule has 0 bridgehead atoms. The minimum Gasteiger partial charge on any atom is -0.355 e. The van der Waals surface area contributed by atoms with Gasteiger partial charge in [-0.15, -0.1) is 0 Å². The maximum Gasteiger partial charge on any atom is 0.252 e. The maximum atomic E-state index is 11.9. The summed E-state index contributed by atoms with van der Waals surface area (Å²) in [5.74, 6) is -0.319. The fraction of sp³-hybridized carbons (Fsp3) is 0.467. The van der Waals surface area contributed by atoms with Crippen molar-refractivity contribution in [3.8, 4) is 0 Å². The fourth-order valence-corrected chi connectivity index (χ4v) is 2.65. The molecule has 1 heterocycles. The van der Waals surface area contributed by atoms with Crippen molar-refractivity contribution in [3.05, 3.63) is 28.8 Å². The minimum atomic E-state index is -0.272. The van der Waals surface area contributed by atoms with Gasteiger partial charge >= 0.3 is 0 Å². The second kappa shape index (κ2) is 7.43. The molecule has 0 aromatic heterocycles. The normalized spacial score (nSPS) is 17.5. The summed E-state index contributed by atoms with van der Waals surface area (Å²) in [6, 6.07) is 5.34. The molecule has 1 unspecified atom stereocenters. The van der Waals surface area contributed by atoms with Crippen LogP contribution in [-0.2, 0) is 4.79 Å². The number of amides is 2. The monoisotopic (exact) mass is 309 g/mol. The molecule has 2 rings (SSSR count). The van der Waals surface area contributed by atoms with Gasteiger partial charge in [0.25, 0.3) is 5.91 Å². The highest BCUT2D eigenvalue weighted by Crippen LogP contribution is 2.21. The zero-order valence-corrected chi connectivity index (χ0v) is 12.8. The van der Waals surface area contributed by atoms with Crippen LogP contribution in [0.3, 0.4) is 0 Å². The third-order valence-corrected chi connectivity index (χ3v) is 3.93. The molecule has 1 aliphatic heterocycles. The van der Waals surface area contributed by atoms with Gasteiger partial charge in [-0.1, -0.05) is 11.6 Å². The Balaban J connectivity index is 1.92. The zero-order valence-electron chi connectivity index (χ0n) is 12.0. The molecule has 5 nitrogen and oxygen atoms in total. The third-order valence-electron chi connectivity index (χ3n) is 3.60. The summed E-state index contributed by atoms with van der Waals surface area (Å²) < 4.78 is 0. The molecule has 21 heavy (non-hydrogen) atoms. The predicted octanol–water partition coefficient (Wildman–Crippen LogP) is 2.17. The van der Waals surface area contributed by atoms with Gasteiger partial charge < -0.3 is 16.0 Å². The van der Waals surface area contributed by atoms with E-state index in [1.165, 1.54) is 6.42 Å². The van der Waals surface area contributed by atoms with Crippen LogP contribution in [0, 0.1) is 0 Å². The number of hydrogen-bond donors (Lipinski definition) is 3. The number of nitrogens with one attached hydrogen (secondary N) is 3. The number of hydrogen-bond acceptors (Lipinski definition) is 3. The Hall–Kier alpha value is -1.59. The molecule has 3 N–H and O–H groups in total. The summed E-state index contributed by atoms with van der Waals surface area (Å²) in [5.41, 5.74) is 0.941. The minimum absolute atomic E-state index is 0.0473. The van der Waals surface area contributed by atoms with E-state index in [1.807, 2.05) is 0 Å². The van der Waals surface area contributed by atoms with Gasteiger partial charge in [-0.25, -0.2) is 0 Å². The Bertz CT molecular complexity index is 528. The van der Waals surface area contributed by atoms with Gasteiger partial charge in [-0.2, -0.15) is 0 Å². The van der Waals surface area contributed by atoms with Crippen LogP contribution in [0.4, 0.5) is 5.69 Å². The first-order valence-electron chi connectivity index (χ1n) is 7.15. The topological polar surface area (TPSA) is 70.2 Å². The van der Waals surface area contributed by atoms with E-state index in [-0.39, 0.29) is 11.8 Å². The molecule has 0 spiro atoms. The van der Waals surface area contributed by atoms with Gasteiger partial charge in [0, 0.05) is 25.2 Å². The van der Waals surface area contributed by atoms with Crippen LogP contribution in [0.5, 0.6) is 0 Å². The number of benzene rings is 1. The lowest BCUT2D eigenvalue weighted by Crippen LogP contribution is -2.23. The number of rotatable bonds is 5. The Labute approximate surface area is 129 Å². The molecule has 0 radical (unpaired) electrons. The SMILES string of the molecule is CNC(=O)c1cc(NC(=O)CCC2CCCN2)ccc1Cl. The molecule has 114 valence electrons. The molecule has 1 fully saturated rings. The first kappa shape index (κ1) is 15.8. The summed E-state index contributed by atoms with van der Waals surface area (Å²) in [7, 11) is 1.54. The van der Waals surface area contributed by atoms with E-state index in [1.54, 1.807) is 25.2 Å². The van der Waals surface area contributed by atoms with Gasteiger partial charge in [0.15, 0.2) is 0 Å². The molecular weight excluding hydrogens is 290 g/mol. The zero-order chi connectivity index (χ0) is 15.2. The van der Waals surface area contributed by atoms with Gasteiger partial charge in [0.2, 0.25) is 5.91 Å². The smallest absolute Gasteiger partial charge is 0.252 e. The van der Waals surface area contributed by atoms with Crippen molar-refractivity contribution in [3.63, 3.8) is 0 Å². The maximum absolute atomic E-state index is 11.9. The number of halogens is 1. The molecule has 1 atom stereocenters. The molecule has 6 heteroatoms. The van der Waals surface area contributed by atoms with Crippen molar-refractivity contribution in [2.24, 2.45) is 0 Å². The second-order valence-electron chi connectivity index (χ2n) is 5.15. The van der Waals surface area contributed by atoms with Crippen molar-refractivity contribution in [1.82, 2.24) is 10.6 Å². The van der Waals surface area contributed by atoms with Crippen LogP contribution in [-0.4, -0.2) is 31.4 Å². The second-order valence-corrected chi connectivity index (χ2v) is 5.56. The summed E-state index contributed by atoms with van der Waals surface area (Å²) in [4.78, 5) is 23.6. The van der Waals surface area contributed by atoms with Crippen LogP contribution in [0.2, 0.25) is 5.02 Å². The van der Waals surface area contributed by atoms with Crippen LogP contribution < -0.4 is 16.0 Å². The fourth-order valence-electron chi connectivity index (χ4n) is 2.44. The van der Waals surface area contributed by atoms with Gasteiger partial charge in [0.1, 0.15) is 0 Å². The summed E-state index contributed by atoms with van der Waals surface area (Å²) in [6.07, 6.45) is 3.62. The lowest BCUT2D eigenvalue weighted by molar-refractivity contribution is -0.116. The quantitative estimate of drug-likeness (QED) is 0.780. The highest BCUT2D eigenvalue weighted by molar-refractivity contribution is 6.34. The van der Waals surface area contributed by atoms with Crippen molar-refractivity contribution in [2.75, 3.05) is 18.9 Å². The molecule has 1 aromatic carbocycles. The third kappa shape index (κ3) is 4.44. The predicted molar refractivity (Wildman–Crippen MR) is 83.7 cm³/mol. The Morgan fingerprint density at radius 1 is 1.43 bits per heavy atom. The molecule has 1 saturated heterocycles. The largest absolute Gasteiger partial charge is 0.355 e. The Kier molecular flexibility index (Phi) is 5.59. The number of anilines is 1. The summed E-state index contributed by atoms with van der Waals surface area (Å²) >= 11 is 5.97.